The summed E-state index contributed by atoms with van der Waals surface area (Å²) in [5.41, 5.74) is 0.992. The van der Waals surface area contributed by atoms with Gasteiger partial charge in [-0.25, -0.2) is 4.99 Å². The van der Waals surface area contributed by atoms with E-state index in [1.807, 2.05) is 41.7 Å². The quantitative estimate of drug-likeness (QED) is 0.110. The van der Waals surface area contributed by atoms with Crippen LogP contribution in [-0.4, -0.2) is 9.63 Å². The molecule has 4 heteroatoms. The van der Waals surface area contributed by atoms with Gasteiger partial charge in [-0.05, 0) is 48.5 Å². The summed E-state index contributed by atoms with van der Waals surface area (Å²) in [6.07, 6.45) is 0. The first-order valence-electron chi connectivity index (χ1n) is 10.6. The van der Waals surface area contributed by atoms with Gasteiger partial charge in [0, 0.05) is 20.6 Å². The molecule has 0 N–H and O–H groups in total. The van der Waals surface area contributed by atoms with Crippen LogP contribution in [-0.2, 0) is 0 Å². The summed E-state index contributed by atoms with van der Waals surface area (Å²) in [6, 6.07) is 42.1. The molecule has 0 aliphatic heterocycles. The molecule has 0 saturated carbocycles. The molecule has 0 aromatic heterocycles. The Morgan fingerprint density at radius 3 is 1.44 bits per heavy atom. The van der Waals surface area contributed by atoms with Crippen molar-refractivity contribution in [2.45, 2.75) is 26.2 Å². The van der Waals surface area contributed by atoms with Crippen LogP contribution < -0.4 is 0 Å². The lowest BCUT2D eigenvalue weighted by molar-refractivity contribution is 0.876. The SMILES string of the molecule is CC(C(=Nc1ccccc1)Sc1ccccc1)C(Sc1ccccc1)Sc1ccccc1. The molecule has 1 nitrogen and oxygen atoms in total. The summed E-state index contributed by atoms with van der Waals surface area (Å²) in [5.74, 6) is 0.232. The van der Waals surface area contributed by atoms with E-state index in [1.54, 1.807) is 11.8 Å². The molecule has 0 aliphatic rings. The Morgan fingerprint density at radius 2 is 0.969 bits per heavy atom. The highest BCUT2D eigenvalue weighted by molar-refractivity contribution is 8.17. The second-order valence-electron chi connectivity index (χ2n) is 7.22. The highest BCUT2D eigenvalue weighted by Crippen LogP contribution is 2.42. The summed E-state index contributed by atoms with van der Waals surface area (Å²) < 4.78 is 0.276. The minimum atomic E-state index is 0.232. The molecule has 1 unspecified atom stereocenters. The second kappa shape index (κ2) is 12.0. The zero-order valence-electron chi connectivity index (χ0n) is 17.9. The maximum atomic E-state index is 5.11. The highest BCUT2D eigenvalue weighted by Gasteiger charge is 2.26. The van der Waals surface area contributed by atoms with Gasteiger partial charge >= 0.3 is 0 Å². The van der Waals surface area contributed by atoms with Crippen molar-refractivity contribution in [2.75, 3.05) is 0 Å². The molecule has 1 atom stereocenters. The monoisotopic (exact) mass is 471 g/mol. The fraction of sp³-hybridized carbons (Fsp3) is 0.107. The molecule has 4 rings (SSSR count). The zero-order valence-corrected chi connectivity index (χ0v) is 20.3. The number of benzene rings is 4. The van der Waals surface area contributed by atoms with Gasteiger partial charge in [0.2, 0.25) is 0 Å². The van der Waals surface area contributed by atoms with Gasteiger partial charge in [-0.15, -0.1) is 23.5 Å². The van der Waals surface area contributed by atoms with E-state index >= 15 is 0 Å². The number of para-hydroxylation sites is 1. The van der Waals surface area contributed by atoms with Crippen LogP contribution >= 0.6 is 35.3 Å². The molecule has 4 aromatic rings. The lowest BCUT2D eigenvalue weighted by Gasteiger charge is -2.25. The van der Waals surface area contributed by atoms with Gasteiger partial charge in [0.25, 0.3) is 0 Å². The first-order chi connectivity index (χ1) is 15.8. The Hall–Kier alpha value is -2.40. The summed E-state index contributed by atoms with van der Waals surface area (Å²) in [7, 11) is 0. The van der Waals surface area contributed by atoms with Crippen molar-refractivity contribution in [2.24, 2.45) is 10.9 Å². The second-order valence-corrected chi connectivity index (χ2v) is 11.0. The van der Waals surface area contributed by atoms with Crippen LogP contribution in [0, 0.1) is 5.92 Å². The molecule has 4 aromatic carbocycles. The summed E-state index contributed by atoms with van der Waals surface area (Å²) in [6.45, 7) is 2.30. The number of nitrogens with zero attached hydrogens (tertiary/aromatic N) is 1. The third-order valence-electron chi connectivity index (χ3n) is 4.75. The van der Waals surface area contributed by atoms with E-state index in [0.717, 1.165) is 10.7 Å². The molecule has 0 saturated heterocycles. The van der Waals surface area contributed by atoms with E-state index in [9.17, 15) is 0 Å². The maximum absolute atomic E-state index is 5.11. The van der Waals surface area contributed by atoms with Crippen LogP contribution in [0.2, 0.25) is 0 Å². The van der Waals surface area contributed by atoms with Crippen LogP contribution in [0.5, 0.6) is 0 Å². The number of hydrogen-bond donors (Lipinski definition) is 0. The van der Waals surface area contributed by atoms with E-state index < -0.39 is 0 Å². The van der Waals surface area contributed by atoms with Crippen LogP contribution in [0.4, 0.5) is 5.69 Å². The average Bonchev–Trinajstić information content (AvgIpc) is 2.85. The van der Waals surface area contributed by atoms with E-state index in [-0.39, 0.29) is 10.5 Å². The Labute approximate surface area is 203 Å². The minimum absolute atomic E-state index is 0.232. The van der Waals surface area contributed by atoms with Crippen LogP contribution in [0.15, 0.2) is 141 Å². The maximum Gasteiger partial charge on any atom is 0.0834 e. The van der Waals surface area contributed by atoms with Gasteiger partial charge in [0.1, 0.15) is 0 Å². The lowest BCUT2D eigenvalue weighted by atomic mass is 10.2. The fourth-order valence-corrected chi connectivity index (χ4v) is 6.94. The molecule has 0 amide bonds. The van der Waals surface area contributed by atoms with Crippen LogP contribution in [0.3, 0.4) is 0 Å². The average molecular weight is 472 g/mol. The Morgan fingerprint density at radius 1 is 0.562 bits per heavy atom. The van der Waals surface area contributed by atoms with Crippen molar-refractivity contribution < 1.29 is 0 Å². The third-order valence-corrected chi connectivity index (χ3v) is 8.88. The summed E-state index contributed by atoms with van der Waals surface area (Å²) in [5, 5.41) is 1.12. The van der Waals surface area contributed by atoms with Gasteiger partial charge in [-0.1, -0.05) is 91.5 Å². The first-order valence-corrected chi connectivity index (χ1v) is 13.2. The number of rotatable bonds is 8. The van der Waals surface area contributed by atoms with Crippen molar-refractivity contribution in [3.8, 4) is 0 Å². The predicted molar refractivity (Wildman–Crippen MR) is 143 cm³/mol. The van der Waals surface area contributed by atoms with Crippen LogP contribution in [0.25, 0.3) is 0 Å². The molecule has 0 bridgehead atoms. The summed E-state index contributed by atoms with van der Waals surface area (Å²) >= 11 is 5.58. The summed E-state index contributed by atoms with van der Waals surface area (Å²) in [4.78, 5) is 8.87. The Kier molecular flexibility index (Phi) is 8.55. The molecule has 0 aliphatic carbocycles. The van der Waals surface area contributed by atoms with E-state index in [0.29, 0.717) is 0 Å². The highest BCUT2D eigenvalue weighted by atomic mass is 32.2. The largest absolute Gasteiger partial charge is 0.246 e. The smallest absolute Gasteiger partial charge is 0.0834 e. The van der Waals surface area contributed by atoms with E-state index in [1.165, 1.54) is 14.7 Å². The molecule has 0 fully saturated rings. The topological polar surface area (TPSA) is 12.4 Å². The predicted octanol–water partition coefficient (Wildman–Crippen LogP) is 9.06. The molecule has 32 heavy (non-hydrogen) atoms. The van der Waals surface area contributed by atoms with Crippen molar-refractivity contribution in [3.63, 3.8) is 0 Å². The Balaban J connectivity index is 1.67. The lowest BCUT2D eigenvalue weighted by Crippen LogP contribution is -2.18. The molecule has 0 spiro atoms. The molecule has 0 radical (unpaired) electrons. The Bertz CT molecular complexity index is 1060. The molecule has 160 valence electrons. The molecular formula is C28H25NS3. The standard InChI is InChI=1S/C28H25NS3/c1-22(27(29-23-14-6-2-7-15-23)30-24-16-8-3-9-17-24)28(31-25-18-10-4-11-19-25)32-26-20-12-5-13-21-26/h2-22,28H,1H3. The van der Waals surface area contributed by atoms with Crippen molar-refractivity contribution in [3.05, 3.63) is 121 Å². The zero-order chi connectivity index (χ0) is 22.0. The number of hydrogen-bond acceptors (Lipinski definition) is 4. The van der Waals surface area contributed by atoms with Gasteiger partial charge in [-0.3, -0.25) is 0 Å². The molecule has 0 heterocycles. The van der Waals surface area contributed by atoms with Gasteiger partial charge < -0.3 is 0 Å². The van der Waals surface area contributed by atoms with Crippen molar-refractivity contribution >= 4 is 46.0 Å². The molecular weight excluding hydrogens is 447 g/mol. The minimum Gasteiger partial charge on any atom is -0.246 e. The van der Waals surface area contributed by atoms with Gasteiger partial charge in [-0.2, -0.15) is 0 Å². The van der Waals surface area contributed by atoms with Gasteiger partial charge in [0.15, 0.2) is 0 Å². The number of aliphatic imine (C=N–C) groups is 1. The van der Waals surface area contributed by atoms with Gasteiger partial charge in [0.05, 0.1) is 15.3 Å². The van der Waals surface area contributed by atoms with Crippen molar-refractivity contribution in [1.29, 1.82) is 0 Å². The van der Waals surface area contributed by atoms with E-state index in [4.69, 9.17) is 4.99 Å². The van der Waals surface area contributed by atoms with Crippen molar-refractivity contribution in [1.82, 2.24) is 0 Å². The van der Waals surface area contributed by atoms with E-state index in [2.05, 4.69) is 110 Å². The fourth-order valence-electron chi connectivity index (χ4n) is 3.07. The first kappa shape index (κ1) is 22.8. The van der Waals surface area contributed by atoms with Crippen LogP contribution in [0.1, 0.15) is 6.92 Å². The third kappa shape index (κ3) is 6.80. The number of thioether (sulfide) groups is 3. The normalized spacial score (nSPS) is 12.6.